The summed E-state index contributed by atoms with van der Waals surface area (Å²) in [7, 11) is 1.69. The Kier molecular flexibility index (Phi) is 8.88. The average Bonchev–Trinajstić information content (AvgIpc) is 3.76. The fourth-order valence-corrected chi connectivity index (χ4v) is 6.31. The van der Waals surface area contributed by atoms with Gasteiger partial charge in [-0.25, -0.2) is 4.39 Å². The number of anilines is 2. The lowest BCUT2D eigenvalue weighted by Crippen LogP contribution is -2.41. The van der Waals surface area contributed by atoms with Gasteiger partial charge < -0.3 is 20.5 Å². The number of thiophene rings is 1. The summed E-state index contributed by atoms with van der Waals surface area (Å²) in [5, 5.41) is 3.37. The third-order valence-electron chi connectivity index (χ3n) is 7.90. The first-order valence-corrected chi connectivity index (χ1v) is 15.6. The Morgan fingerprint density at radius 2 is 1.80 bits per heavy atom. The van der Waals surface area contributed by atoms with Crippen LogP contribution in [0.5, 0.6) is 11.5 Å². The third kappa shape index (κ3) is 6.44. The van der Waals surface area contributed by atoms with Gasteiger partial charge in [0, 0.05) is 42.5 Å². The number of nitrogens with zero attached hydrogens (tertiary/aromatic N) is 2. The number of nitrogens with two attached hydrogens (primary N) is 1. The highest BCUT2D eigenvalue weighted by atomic mass is 32.1. The van der Waals surface area contributed by atoms with E-state index in [1.807, 2.05) is 18.2 Å². The van der Waals surface area contributed by atoms with Gasteiger partial charge in [-0.1, -0.05) is 42.5 Å². The van der Waals surface area contributed by atoms with E-state index in [-0.39, 0.29) is 11.4 Å². The summed E-state index contributed by atoms with van der Waals surface area (Å²) >= 11 is 1.53. The minimum absolute atomic E-state index is 0.000618. The Labute approximate surface area is 264 Å². The maximum atomic E-state index is 15.7. The number of hydrogen-bond acceptors (Lipinski definition) is 7. The number of para-hydroxylation sites is 1. The van der Waals surface area contributed by atoms with Crippen LogP contribution in [0.1, 0.15) is 18.4 Å². The Bertz CT molecular complexity index is 1840. The van der Waals surface area contributed by atoms with Gasteiger partial charge in [0.25, 0.3) is 0 Å². The first kappa shape index (κ1) is 30.4. The van der Waals surface area contributed by atoms with Crippen molar-refractivity contribution in [1.29, 1.82) is 0 Å². The number of carbonyl (C=O) groups is 2. The maximum Gasteiger partial charge on any atom is 0.247 e. The van der Waals surface area contributed by atoms with Gasteiger partial charge in [-0.15, -0.1) is 11.3 Å². The van der Waals surface area contributed by atoms with Crippen molar-refractivity contribution in [3.63, 3.8) is 0 Å². The van der Waals surface area contributed by atoms with E-state index in [1.54, 1.807) is 49.7 Å². The van der Waals surface area contributed by atoms with Crippen LogP contribution in [0.15, 0.2) is 91.1 Å². The average molecular weight is 625 g/mol. The van der Waals surface area contributed by atoms with E-state index < -0.39 is 23.0 Å². The van der Waals surface area contributed by atoms with E-state index in [1.165, 1.54) is 33.9 Å². The van der Waals surface area contributed by atoms with Crippen LogP contribution >= 0.6 is 11.3 Å². The van der Waals surface area contributed by atoms with Gasteiger partial charge in [-0.05, 0) is 67.3 Å². The number of ether oxygens (including phenoxy) is 2. The minimum atomic E-state index is -1.28. The van der Waals surface area contributed by atoms with E-state index in [0.717, 1.165) is 40.2 Å². The van der Waals surface area contributed by atoms with E-state index in [0.29, 0.717) is 30.9 Å². The molecule has 1 saturated carbocycles. The summed E-state index contributed by atoms with van der Waals surface area (Å²) in [6.07, 6.45) is 3.26. The molecule has 0 aliphatic heterocycles. The largest absolute Gasteiger partial charge is 0.453 e. The highest BCUT2D eigenvalue weighted by Crippen LogP contribution is 2.49. The van der Waals surface area contributed by atoms with Crippen molar-refractivity contribution in [1.82, 2.24) is 10.3 Å². The van der Waals surface area contributed by atoms with Gasteiger partial charge in [0.2, 0.25) is 11.8 Å². The minimum Gasteiger partial charge on any atom is -0.453 e. The lowest BCUT2D eigenvalue weighted by molar-refractivity contribution is -0.133. The van der Waals surface area contributed by atoms with E-state index in [4.69, 9.17) is 15.2 Å². The molecule has 2 heterocycles. The predicted octanol–water partition coefficient (Wildman–Crippen LogP) is 6.60. The van der Waals surface area contributed by atoms with Crippen LogP contribution in [0.25, 0.3) is 20.7 Å². The van der Waals surface area contributed by atoms with Crippen molar-refractivity contribution in [3.8, 4) is 21.9 Å². The summed E-state index contributed by atoms with van der Waals surface area (Å²) in [5.74, 6) is -1.32. The quantitative estimate of drug-likeness (QED) is 0.113. The number of nitrogens with one attached hydrogen (secondary N) is 1. The second-order valence-corrected chi connectivity index (χ2v) is 12.0. The van der Waals surface area contributed by atoms with E-state index >= 15 is 4.39 Å². The van der Waals surface area contributed by atoms with Crippen molar-refractivity contribution in [2.45, 2.75) is 19.3 Å². The number of fused-ring (bicyclic) bond motifs is 1. The molecule has 2 aromatic heterocycles. The molecule has 1 fully saturated rings. The Hall–Kier alpha value is -4.64. The molecule has 230 valence electrons. The molecule has 1 aliphatic rings. The lowest BCUT2D eigenvalue weighted by Gasteiger charge is -2.26. The molecular formula is C35H33FN4O4S. The smallest absolute Gasteiger partial charge is 0.247 e. The number of aromatic nitrogens is 1. The molecule has 0 atom stereocenters. The number of carbonyl (C=O) groups excluding carboxylic acids is 2. The normalized spacial score (nSPS) is 13.5. The highest BCUT2D eigenvalue weighted by Gasteiger charge is 2.57. The molecule has 8 nitrogen and oxygen atoms in total. The van der Waals surface area contributed by atoms with Crippen molar-refractivity contribution in [3.05, 3.63) is 103 Å². The molecule has 0 radical (unpaired) electrons. The molecule has 3 aromatic carbocycles. The van der Waals surface area contributed by atoms with Gasteiger partial charge in [-0.3, -0.25) is 19.5 Å². The molecule has 10 heteroatoms. The number of rotatable bonds is 13. The Morgan fingerprint density at radius 3 is 2.53 bits per heavy atom. The summed E-state index contributed by atoms with van der Waals surface area (Å²) in [6, 6.07) is 25.3. The number of amides is 2. The van der Waals surface area contributed by atoms with Crippen LogP contribution in [-0.2, 0) is 20.7 Å². The highest BCUT2D eigenvalue weighted by molar-refractivity contribution is 7.22. The fourth-order valence-electron chi connectivity index (χ4n) is 5.24. The number of primary amides is 1. The van der Waals surface area contributed by atoms with Crippen LogP contribution in [0.3, 0.4) is 0 Å². The molecular weight excluding hydrogens is 591 g/mol. The van der Waals surface area contributed by atoms with Crippen LogP contribution < -0.4 is 20.7 Å². The molecule has 6 rings (SSSR count). The fraction of sp³-hybridized carbons (Fsp3) is 0.229. The first-order chi connectivity index (χ1) is 21.9. The zero-order valence-electron chi connectivity index (χ0n) is 24.8. The van der Waals surface area contributed by atoms with Gasteiger partial charge in [0.15, 0.2) is 11.6 Å². The van der Waals surface area contributed by atoms with E-state index in [2.05, 4.69) is 28.5 Å². The van der Waals surface area contributed by atoms with Gasteiger partial charge in [-0.2, -0.15) is 0 Å². The molecule has 1 aliphatic carbocycles. The number of halogens is 1. The number of benzene rings is 3. The lowest BCUT2D eigenvalue weighted by atomic mass is 10.0. The first-order valence-electron chi connectivity index (χ1n) is 14.7. The van der Waals surface area contributed by atoms with Gasteiger partial charge in [0.05, 0.1) is 22.5 Å². The zero-order chi connectivity index (χ0) is 31.4. The Balaban J connectivity index is 1.25. The second-order valence-electron chi connectivity index (χ2n) is 11.0. The summed E-state index contributed by atoms with van der Waals surface area (Å²) < 4.78 is 27.6. The molecule has 0 bridgehead atoms. The zero-order valence-corrected chi connectivity index (χ0v) is 25.6. The van der Waals surface area contributed by atoms with Crippen molar-refractivity contribution < 1.29 is 23.5 Å². The molecule has 5 aromatic rings. The number of pyridine rings is 1. The van der Waals surface area contributed by atoms with Crippen molar-refractivity contribution in [2.24, 2.45) is 11.1 Å². The Morgan fingerprint density at radius 1 is 0.978 bits per heavy atom. The van der Waals surface area contributed by atoms with Crippen molar-refractivity contribution in [2.75, 3.05) is 31.7 Å². The molecule has 45 heavy (non-hydrogen) atoms. The second kappa shape index (κ2) is 13.2. The monoisotopic (exact) mass is 624 g/mol. The maximum absolute atomic E-state index is 15.7. The summed E-state index contributed by atoms with van der Waals surface area (Å²) in [4.78, 5) is 32.7. The number of hydrogen-bond donors (Lipinski definition) is 2. The van der Waals surface area contributed by atoms with Gasteiger partial charge in [0.1, 0.15) is 11.2 Å². The third-order valence-corrected chi connectivity index (χ3v) is 9.09. The van der Waals surface area contributed by atoms with Crippen LogP contribution in [0.2, 0.25) is 0 Å². The molecule has 3 N–H and O–H groups in total. The molecule has 0 spiro atoms. The topological polar surface area (TPSA) is 107 Å². The molecule has 2 amide bonds. The van der Waals surface area contributed by atoms with Crippen LogP contribution in [0, 0.1) is 11.2 Å². The van der Waals surface area contributed by atoms with Crippen LogP contribution in [0.4, 0.5) is 15.8 Å². The number of methoxy groups -OCH3 is 1. The summed E-state index contributed by atoms with van der Waals surface area (Å²) in [5.41, 5.74) is 8.15. The molecule has 0 saturated heterocycles. The van der Waals surface area contributed by atoms with E-state index in [9.17, 15) is 9.59 Å². The summed E-state index contributed by atoms with van der Waals surface area (Å²) in [6.45, 7) is 2.34. The van der Waals surface area contributed by atoms with Gasteiger partial charge >= 0.3 is 0 Å². The predicted molar refractivity (Wildman–Crippen MR) is 174 cm³/mol. The molecule has 0 unspecified atom stereocenters. The SMILES string of the molecule is COCCNCCc1cccc(-c2cc3nccc(Oc4ccc(N(C(=O)C5(C(N)=O)CC5)c5ccccc5)cc4F)c3s2)c1. The standard InChI is InChI=1S/C35H33FN4O4S/c1-43-19-18-38-16-12-23-6-5-7-24(20-23)31-22-28-32(45-31)30(13-17-39-28)44-29-11-10-26(21-27(29)36)40(25-8-3-2-4-9-25)34(42)35(14-15-35)33(37)41/h2-11,13,17,20-22,38H,12,14-16,18-19H2,1H3,(H2,37,41). The van der Waals surface area contributed by atoms with Crippen LogP contribution in [-0.4, -0.2) is 43.6 Å². The van der Waals surface area contributed by atoms with Crippen molar-refractivity contribution >= 4 is 44.7 Å².